The molecule has 24 heavy (non-hydrogen) atoms. The number of nitrogens with one attached hydrogen (secondary N) is 1. The number of hydrogen-bond acceptors (Lipinski definition) is 4. The number of carboxylic acid groups (broad SMARTS) is 1. The van der Waals surface area contributed by atoms with Crippen molar-refractivity contribution >= 4 is 23.5 Å². The van der Waals surface area contributed by atoms with Crippen molar-refractivity contribution in [2.45, 2.75) is 39.0 Å². The summed E-state index contributed by atoms with van der Waals surface area (Å²) in [6, 6.07) is 6.42. The molecule has 0 aliphatic heterocycles. The van der Waals surface area contributed by atoms with Gasteiger partial charge in [0, 0.05) is 5.69 Å². The smallest absolute Gasteiger partial charge is 0.338 e. The molecule has 0 spiro atoms. The Hall–Kier alpha value is -2.37. The predicted molar refractivity (Wildman–Crippen MR) is 88.7 cm³/mol. The lowest BCUT2D eigenvalue weighted by molar-refractivity contribution is -0.147. The van der Waals surface area contributed by atoms with Gasteiger partial charge in [0.2, 0.25) is 5.91 Å². The summed E-state index contributed by atoms with van der Waals surface area (Å²) in [6.45, 7) is 2.29. The molecule has 0 radical (unpaired) electrons. The van der Waals surface area contributed by atoms with Gasteiger partial charge >= 0.3 is 11.9 Å². The Labute approximate surface area is 141 Å². The van der Waals surface area contributed by atoms with E-state index in [1.807, 2.05) is 6.92 Å². The number of rotatable bonds is 6. The fraction of sp³-hybridized carbons (Fsp3) is 0.500. The maximum absolute atomic E-state index is 12.4. The van der Waals surface area contributed by atoms with Gasteiger partial charge in [-0.05, 0) is 43.5 Å². The second-order valence-corrected chi connectivity index (χ2v) is 6.04. The number of carbonyl (C=O) groups excluding carboxylic acids is 2. The molecule has 1 aromatic rings. The Morgan fingerprint density at radius 3 is 2.33 bits per heavy atom. The van der Waals surface area contributed by atoms with Crippen LogP contribution in [0.15, 0.2) is 24.3 Å². The maximum Gasteiger partial charge on any atom is 0.338 e. The van der Waals surface area contributed by atoms with E-state index in [-0.39, 0.29) is 5.91 Å². The quantitative estimate of drug-likeness (QED) is 0.780. The molecule has 1 saturated carbocycles. The zero-order valence-electron chi connectivity index (χ0n) is 13.8. The van der Waals surface area contributed by atoms with E-state index in [9.17, 15) is 19.5 Å². The summed E-state index contributed by atoms with van der Waals surface area (Å²) in [7, 11) is 0. The summed E-state index contributed by atoms with van der Waals surface area (Å²) in [6.07, 6.45) is 3.59. The SMILES string of the molecule is CCCOC(=O)c1ccc(NC(=O)C2CCCCC2C(=O)O)cc1. The van der Waals surface area contributed by atoms with Gasteiger partial charge in [-0.3, -0.25) is 9.59 Å². The Morgan fingerprint density at radius 2 is 1.75 bits per heavy atom. The van der Waals surface area contributed by atoms with Gasteiger partial charge in [-0.2, -0.15) is 0 Å². The number of ether oxygens (including phenoxy) is 1. The fourth-order valence-corrected chi connectivity index (χ4v) is 2.94. The van der Waals surface area contributed by atoms with Crippen molar-refractivity contribution in [3.05, 3.63) is 29.8 Å². The summed E-state index contributed by atoms with van der Waals surface area (Å²) < 4.78 is 5.04. The van der Waals surface area contributed by atoms with Gasteiger partial charge in [-0.1, -0.05) is 19.8 Å². The van der Waals surface area contributed by atoms with Crippen LogP contribution in [0.5, 0.6) is 0 Å². The molecule has 0 saturated heterocycles. The predicted octanol–water partition coefficient (Wildman–Crippen LogP) is 3.08. The second-order valence-electron chi connectivity index (χ2n) is 6.04. The van der Waals surface area contributed by atoms with Crippen LogP contribution in [0.1, 0.15) is 49.4 Å². The number of amides is 1. The lowest BCUT2D eigenvalue weighted by Crippen LogP contribution is -2.36. The molecule has 2 N–H and O–H groups in total. The average molecular weight is 333 g/mol. The lowest BCUT2D eigenvalue weighted by Gasteiger charge is -2.27. The zero-order valence-corrected chi connectivity index (χ0v) is 13.8. The zero-order chi connectivity index (χ0) is 17.5. The van der Waals surface area contributed by atoms with E-state index in [1.54, 1.807) is 24.3 Å². The standard InChI is InChI=1S/C18H23NO5/c1-2-11-24-18(23)12-7-9-13(10-8-12)19-16(20)14-5-3-4-6-15(14)17(21)22/h7-10,14-15H,2-6,11H2,1H3,(H,19,20)(H,21,22). The van der Waals surface area contributed by atoms with Crippen LogP contribution in [0.3, 0.4) is 0 Å². The van der Waals surface area contributed by atoms with Gasteiger partial charge in [0.05, 0.1) is 24.0 Å². The number of carboxylic acids is 1. The fourth-order valence-electron chi connectivity index (χ4n) is 2.94. The van der Waals surface area contributed by atoms with Crippen LogP contribution in [0, 0.1) is 11.8 Å². The molecule has 1 aliphatic carbocycles. The van der Waals surface area contributed by atoms with E-state index >= 15 is 0 Å². The number of anilines is 1. The van der Waals surface area contributed by atoms with Gasteiger partial charge in [0.15, 0.2) is 0 Å². The van der Waals surface area contributed by atoms with Crippen molar-refractivity contribution in [2.24, 2.45) is 11.8 Å². The molecule has 0 aromatic heterocycles. The normalized spacial score (nSPS) is 20.2. The largest absolute Gasteiger partial charge is 0.481 e. The Balaban J connectivity index is 1.98. The van der Waals surface area contributed by atoms with Crippen LogP contribution in [-0.2, 0) is 14.3 Å². The van der Waals surface area contributed by atoms with Crippen molar-refractivity contribution in [2.75, 3.05) is 11.9 Å². The van der Waals surface area contributed by atoms with E-state index in [2.05, 4.69) is 5.32 Å². The molecule has 0 bridgehead atoms. The minimum Gasteiger partial charge on any atom is -0.481 e. The molecular weight excluding hydrogens is 310 g/mol. The molecule has 1 aliphatic rings. The van der Waals surface area contributed by atoms with Crippen LogP contribution in [0.25, 0.3) is 0 Å². The van der Waals surface area contributed by atoms with E-state index in [1.165, 1.54) is 0 Å². The van der Waals surface area contributed by atoms with Gasteiger partial charge < -0.3 is 15.2 Å². The van der Waals surface area contributed by atoms with Gasteiger partial charge in [-0.15, -0.1) is 0 Å². The molecular formula is C18H23NO5. The van der Waals surface area contributed by atoms with Gasteiger partial charge in [-0.25, -0.2) is 4.79 Å². The van der Waals surface area contributed by atoms with Crippen LogP contribution < -0.4 is 5.32 Å². The summed E-state index contributed by atoms with van der Waals surface area (Å²) in [5.74, 6) is -2.72. The van der Waals surface area contributed by atoms with Crippen LogP contribution >= 0.6 is 0 Å². The Bertz CT molecular complexity index is 596. The highest BCUT2D eigenvalue weighted by Gasteiger charge is 2.35. The summed E-state index contributed by atoms with van der Waals surface area (Å²) in [5.41, 5.74) is 0.962. The molecule has 6 heteroatoms. The van der Waals surface area contributed by atoms with E-state index < -0.39 is 23.8 Å². The lowest BCUT2D eigenvalue weighted by atomic mass is 9.78. The topological polar surface area (TPSA) is 92.7 Å². The van der Waals surface area contributed by atoms with Crippen molar-refractivity contribution < 1.29 is 24.2 Å². The third-order valence-corrected chi connectivity index (χ3v) is 4.25. The summed E-state index contributed by atoms with van der Waals surface area (Å²) in [5, 5.41) is 12.0. The molecule has 1 aromatic carbocycles. The first-order valence-corrected chi connectivity index (χ1v) is 8.33. The molecule has 1 amide bonds. The second kappa shape index (κ2) is 8.47. The molecule has 2 unspecified atom stereocenters. The number of carbonyl (C=O) groups is 3. The number of esters is 1. The highest BCUT2D eigenvalue weighted by atomic mass is 16.5. The summed E-state index contributed by atoms with van der Waals surface area (Å²) >= 11 is 0. The highest BCUT2D eigenvalue weighted by Crippen LogP contribution is 2.31. The third kappa shape index (κ3) is 4.57. The monoisotopic (exact) mass is 333 g/mol. The number of aliphatic carboxylic acids is 1. The molecule has 1 fully saturated rings. The molecule has 6 nitrogen and oxygen atoms in total. The molecule has 2 atom stereocenters. The molecule has 0 heterocycles. The van der Waals surface area contributed by atoms with E-state index in [0.717, 1.165) is 19.3 Å². The molecule has 2 rings (SSSR count). The van der Waals surface area contributed by atoms with Crippen LogP contribution in [0.4, 0.5) is 5.69 Å². The minimum absolute atomic E-state index is 0.275. The van der Waals surface area contributed by atoms with Crippen LogP contribution in [0.2, 0.25) is 0 Å². The Morgan fingerprint density at radius 1 is 1.12 bits per heavy atom. The van der Waals surface area contributed by atoms with Crippen molar-refractivity contribution in [3.8, 4) is 0 Å². The van der Waals surface area contributed by atoms with E-state index in [0.29, 0.717) is 30.7 Å². The van der Waals surface area contributed by atoms with Crippen molar-refractivity contribution in [3.63, 3.8) is 0 Å². The summed E-state index contributed by atoms with van der Waals surface area (Å²) in [4.78, 5) is 35.4. The average Bonchev–Trinajstić information content (AvgIpc) is 2.60. The molecule has 130 valence electrons. The van der Waals surface area contributed by atoms with Crippen molar-refractivity contribution in [1.82, 2.24) is 0 Å². The first-order chi connectivity index (χ1) is 11.5. The number of benzene rings is 1. The highest BCUT2D eigenvalue weighted by molar-refractivity contribution is 5.96. The van der Waals surface area contributed by atoms with Crippen molar-refractivity contribution in [1.29, 1.82) is 0 Å². The maximum atomic E-state index is 12.4. The van der Waals surface area contributed by atoms with E-state index in [4.69, 9.17) is 4.74 Å². The van der Waals surface area contributed by atoms with Gasteiger partial charge in [0.25, 0.3) is 0 Å². The van der Waals surface area contributed by atoms with Gasteiger partial charge in [0.1, 0.15) is 0 Å². The third-order valence-electron chi connectivity index (χ3n) is 4.25. The van der Waals surface area contributed by atoms with Crippen LogP contribution in [-0.4, -0.2) is 29.6 Å². The first kappa shape index (κ1) is 18.0. The first-order valence-electron chi connectivity index (χ1n) is 8.33. The Kier molecular flexibility index (Phi) is 6.35. The minimum atomic E-state index is -0.913. The number of hydrogen-bond donors (Lipinski definition) is 2.